The topological polar surface area (TPSA) is 30.7 Å². The van der Waals surface area contributed by atoms with Crippen molar-refractivity contribution in [3.63, 3.8) is 0 Å². The Morgan fingerprint density at radius 3 is 1.20 bits per heavy atom. The molecule has 11 aromatic rings. The number of pyridine rings is 2. The molecule has 0 radical (unpaired) electrons. The summed E-state index contributed by atoms with van der Waals surface area (Å²) in [5.41, 5.74) is 15.3. The molecule has 3 heterocycles. The van der Waals surface area contributed by atoms with Gasteiger partial charge >= 0.3 is 0 Å². The maximum absolute atomic E-state index is 4.24. The van der Waals surface area contributed by atoms with Gasteiger partial charge in [0.2, 0.25) is 0 Å². The van der Waals surface area contributed by atoms with Crippen molar-refractivity contribution >= 4 is 43.4 Å². The first-order valence-corrected chi connectivity index (χ1v) is 18.7. The Kier molecular flexibility index (Phi) is 7.17. The molecular formula is C52H33N3. The van der Waals surface area contributed by atoms with Crippen LogP contribution in [-0.4, -0.2) is 14.5 Å². The van der Waals surface area contributed by atoms with Crippen LogP contribution in [0.1, 0.15) is 0 Å². The minimum absolute atomic E-state index is 1.15. The smallest absolute Gasteiger partial charge is 0.0547 e. The number of nitrogens with zero attached hydrogens (tertiary/aromatic N) is 3. The summed E-state index contributed by atoms with van der Waals surface area (Å²) in [5.74, 6) is 0. The molecule has 0 fully saturated rings. The summed E-state index contributed by atoms with van der Waals surface area (Å²) in [4.78, 5) is 8.47. The second-order valence-corrected chi connectivity index (χ2v) is 14.3. The van der Waals surface area contributed by atoms with Crippen LogP contribution < -0.4 is 0 Å². The fourth-order valence-electron chi connectivity index (χ4n) is 8.42. The molecule has 55 heavy (non-hydrogen) atoms. The van der Waals surface area contributed by atoms with E-state index in [-0.39, 0.29) is 0 Å². The highest BCUT2D eigenvalue weighted by molar-refractivity contribution is 6.24. The van der Waals surface area contributed by atoms with Crippen LogP contribution >= 0.6 is 0 Å². The lowest BCUT2D eigenvalue weighted by Crippen LogP contribution is -1.93. The van der Waals surface area contributed by atoms with Gasteiger partial charge in [-0.05, 0) is 162 Å². The fourth-order valence-corrected chi connectivity index (χ4v) is 8.42. The average Bonchev–Trinajstić information content (AvgIpc) is 3.61. The number of hydrogen-bond donors (Lipinski definition) is 0. The lowest BCUT2D eigenvalue weighted by molar-refractivity contribution is 1.19. The van der Waals surface area contributed by atoms with Crippen molar-refractivity contribution < 1.29 is 0 Å². The zero-order chi connectivity index (χ0) is 36.3. The highest BCUT2D eigenvalue weighted by Gasteiger charge is 2.17. The molecule has 0 atom stereocenters. The molecule has 3 nitrogen and oxygen atoms in total. The molecule has 0 N–H and O–H groups in total. The third-order valence-electron chi connectivity index (χ3n) is 11.1. The van der Waals surface area contributed by atoms with Gasteiger partial charge in [0, 0.05) is 41.2 Å². The summed E-state index contributed by atoms with van der Waals surface area (Å²) in [6, 6.07) is 64.4. The van der Waals surface area contributed by atoms with Crippen molar-refractivity contribution in [3.05, 3.63) is 201 Å². The Hall–Kier alpha value is -7.36. The molecule has 256 valence electrons. The van der Waals surface area contributed by atoms with E-state index in [1.165, 1.54) is 93.5 Å². The van der Waals surface area contributed by atoms with Crippen molar-refractivity contribution in [2.24, 2.45) is 0 Å². The summed E-state index contributed by atoms with van der Waals surface area (Å²) < 4.78 is 2.42. The molecule has 0 spiro atoms. The summed E-state index contributed by atoms with van der Waals surface area (Å²) in [6.07, 6.45) is 7.40. The second kappa shape index (κ2) is 12.6. The van der Waals surface area contributed by atoms with Crippen LogP contribution in [0.25, 0.3) is 105 Å². The third-order valence-corrected chi connectivity index (χ3v) is 11.1. The monoisotopic (exact) mass is 699 g/mol. The van der Waals surface area contributed by atoms with Gasteiger partial charge < -0.3 is 4.57 Å². The number of rotatable bonds is 6. The van der Waals surface area contributed by atoms with E-state index in [4.69, 9.17) is 0 Å². The molecule has 0 amide bonds. The van der Waals surface area contributed by atoms with Gasteiger partial charge in [-0.15, -0.1) is 0 Å². The number of benzene rings is 8. The first-order chi connectivity index (χ1) is 27.2. The lowest BCUT2D eigenvalue weighted by atomic mass is 9.91. The van der Waals surface area contributed by atoms with Gasteiger partial charge in [0.1, 0.15) is 0 Å². The van der Waals surface area contributed by atoms with Gasteiger partial charge in [-0.25, -0.2) is 0 Å². The maximum atomic E-state index is 4.24. The predicted molar refractivity (Wildman–Crippen MR) is 230 cm³/mol. The van der Waals surface area contributed by atoms with Gasteiger partial charge in [-0.2, -0.15) is 0 Å². The highest BCUT2D eigenvalue weighted by atomic mass is 15.0. The van der Waals surface area contributed by atoms with Crippen molar-refractivity contribution in [3.8, 4) is 61.3 Å². The van der Waals surface area contributed by atoms with Crippen molar-refractivity contribution in [2.45, 2.75) is 0 Å². The lowest BCUT2D eigenvalue weighted by Gasteiger charge is -2.14. The van der Waals surface area contributed by atoms with E-state index in [1.807, 2.05) is 24.8 Å². The zero-order valence-electron chi connectivity index (χ0n) is 29.9. The van der Waals surface area contributed by atoms with Gasteiger partial charge in [0.15, 0.2) is 0 Å². The van der Waals surface area contributed by atoms with Crippen LogP contribution in [0.5, 0.6) is 0 Å². The van der Waals surface area contributed by atoms with E-state index in [2.05, 4.69) is 190 Å². The van der Waals surface area contributed by atoms with E-state index in [0.717, 1.165) is 11.1 Å². The number of fused-ring (bicyclic) bond motifs is 1. The minimum atomic E-state index is 1.15. The van der Waals surface area contributed by atoms with Crippen molar-refractivity contribution in [2.75, 3.05) is 0 Å². The Balaban J connectivity index is 1.04. The average molecular weight is 700 g/mol. The Bertz CT molecular complexity index is 3030. The highest BCUT2D eigenvalue weighted by Crippen LogP contribution is 2.40. The standard InChI is InChI=1S/C52H33N3/c1-7-38(34-19-23-53-24-20-34)27-40(9-1)45-30-46(41-10-2-8-39(28-41)35-21-25-54-26-22-35)32-47(31-45)43-15-16-44-33-48(18-17-42(44)29-43)55-49-11-3-5-36-13-14-37-6-4-12-50(55)52(37)51(36)49/h1-33H. The van der Waals surface area contributed by atoms with Gasteiger partial charge in [0.05, 0.1) is 11.0 Å². The van der Waals surface area contributed by atoms with Crippen LogP contribution in [0, 0.1) is 0 Å². The molecule has 11 rings (SSSR count). The number of aromatic nitrogens is 3. The van der Waals surface area contributed by atoms with Crippen LogP contribution in [0.3, 0.4) is 0 Å². The Morgan fingerprint density at radius 1 is 0.273 bits per heavy atom. The van der Waals surface area contributed by atoms with Gasteiger partial charge in [-0.1, -0.05) is 91.0 Å². The molecule has 0 aliphatic carbocycles. The van der Waals surface area contributed by atoms with Crippen LogP contribution in [-0.2, 0) is 0 Å². The maximum Gasteiger partial charge on any atom is 0.0547 e. The normalized spacial score (nSPS) is 11.6. The molecule has 0 unspecified atom stereocenters. The summed E-state index contributed by atoms with van der Waals surface area (Å²) in [5, 5.41) is 7.64. The number of hydrogen-bond acceptors (Lipinski definition) is 2. The predicted octanol–water partition coefficient (Wildman–Crippen LogP) is 13.7. The largest absolute Gasteiger partial charge is 0.309 e. The minimum Gasteiger partial charge on any atom is -0.309 e. The first-order valence-electron chi connectivity index (χ1n) is 18.7. The van der Waals surface area contributed by atoms with E-state index in [1.54, 1.807) is 0 Å². The van der Waals surface area contributed by atoms with E-state index >= 15 is 0 Å². The summed E-state index contributed by atoms with van der Waals surface area (Å²) >= 11 is 0. The van der Waals surface area contributed by atoms with Crippen molar-refractivity contribution in [1.29, 1.82) is 0 Å². The van der Waals surface area contributed by atoms with Gasteiger partial charge in [-0.3, -0.25) is 9.97 Å². The van der Waals surface area contributed by atoms with Crippen LogP contribution in [0.15, 0.2) is 201 Å². The molecule has 0 saturated carbocycles. The van der Waals surface area contributed by atoms with E-state index in [0.29, 0.717) is 0 Å². The SMILES string of the molecule is c1cc(-c2ccncc2)cc(-c2cc(-c3cccc(-c4ccncc4)c3)cc(-c3ccc4cc(-n5c6cccc7ccc8cccc5c8c76)ccc4c3)c2)c1. The first kappa shape index (κ1) is 31.2. The quantitative estimate of drug-likeness (QED) is 0.162. The molecule has 0 aliphatic rings. The van der Waals surface area contributed by atoms with Crippen molar-refractivity contribution in [1.82, 2.24) is 14.5 Å². The molecule has 0 bridgehead atoms. The van der Waals surface area contributed by atoms with E-state index < -0.39 is 0 Å². The zero-order valence-corrected chi connectivity index (χ0v) is 29.9. The summed E-state index contributed by atoms with van der Waals surface area (Å²) in [6.45, 7) is 0. The summed E-state index contributed by atoms with van der Waals surface area (Å²) in [7, 11) is 0. The Labute approximate surface area is 318 Å². The molecule has 8 aromatic carbocycles. The second-order valence-electron chi connectivity index (χ2n) is 14.3. The molecular weight excluding hydrogens is 667 g/mol. The third kappa shape index (κ3) is 5.36. The van der Waals surface area contributed by atoms with Crippen LogP contribution in [0.4, 0.5) is 0 Å². The Morgan fingerprint density at radius 2 is 0.673 bits per heavy atom. The van der Waals surface area contributed by atoms with Crippen LogP contribution in [0.2, 0.25) is 0 Å². The van der Waals surface area contributed by atoms with Gasteiger partial charge in [0.25, 0.3) is 0 Å². The van der Waals surface area contributed by atoms with E-state index in [9.17, 15) is 0 Å². The molecule has 3 heteroatoms. The molecule has 0 saturated heterocycles. The molecule has 0 aliphatic heterocycles. The fraction of sp³-hybridized carbons (Fsp3) is 0. The molecule has 3 aromatic heterocycles.